The van der Waals surface area contributed by atoms with Crippen LogP contribution in [-0.2, 0) is 13.1 Å². The molecule has 0 radical (unpaired) electrons. The van der Waals surface area contributed by atoms with Gasteiger partial charge in [0.25, 0.3) is 0 Å². The molecule has 0 amide bonds. The summed E-state index contributed by atoms with van der Waals surface area (Å²) in [5.74, 6) is 0.951. The fourth-order valence-corrected chi connectivity index (χ4v) is 2.01. The van der Waals surface area contributed by atoms with Crippen LogP contribution < -0.4 is 5.32 Å². The molecular formula is C12H15BrN4. The minimum Gasteiger partial charge on any atom is -0.378 e. The third-order valence-electron chi connectivity index (χ3n) is 2.63. The van der Waals surface area contributed by atoms with Gasteiger partial charge in [0.05, 0.1) is 6.54 Å². The molecule has 0 aliphatic carbocycles. The van der Waals surface area contributed by atoms with Gasteiger partial charge in [0.1, 0.15) is 12.2 Å². The molecule has 0 unspecified atom stereocenters. The van der Waals surface area contributed by atoms with Crippen molar-refractivity contribution in [3.63, 3.8) is 0 Å². The molecule has 1 N–H and O–H groups in total. The first-order valence-electron chi connectivity index (χ1n) is 5.57. The Morgan fingerprint density at radius 1 is 1.41 bits per heavy atom. The summed E-state index contributed by atoms with van der Waals surface area (Å²) >= 11 is 3.47. The average Bonchev–Trinajstić information content (AvgIpc) is 2.77. The first-order chi connectivity index (χ1) is 8.20. The number of nitrogens with one attached hydrogen (secondary N) is 1. The number of aryl methyl sites for hydroxylation is 2. The minimum absolute atomic E-state index is 0.686. The molecule has 17 heavy (non-hydrogen) atoms. The lowest BCUT2D eigenvalue weighted by Gasteiger charge is -2.10. The summed E-state index contributed by atoms with van der Waals surface area (Å²) in [5, 5.41) is 7.52. The topological polar surface area (TPSA) is 42.7 Å². The summed E-state index contributed by atoms with van der Waals surface area (Å²) in [4.78, 5) is 4.23. The van der Waals surface area contributed by atoms with Crippen molar-refractivity contribution in [2.24, 2.45) is 0 Å². The molecule has 0 bridgehead atoms. The Bertz CT molecular complexity index is 507. The number of aromatic nitrogens is 3. The van der Waals surface area contributed by atoms with E-state index in [-0.39, 0.29) is 0 Å². The second-order valence-corrected chi connectivity index (χ2v) is 4.72. The van der Waals surface area contributed by atoms with E-state index in [1.54, 1.807) is 6.33 Å². The zero-order chi connectivity index (χ0) is 12.3. The van der Waals surface area contributed by atoms with Gasteiger partial charge in [-0.25, -0.2) is 9.67 Å². The van der Waals surface area contributed by atoms with Gasteiger partial charge < -0.3 is 5.32 Å². The minimum atomic E-state index is 0.686. The number of halogens is 1. The van der Waals surface area contributed by atoms with Crippen molar-refractivity contribution in [2.45, 2.75) is 26.9 Å². The largest absolute Gasteiger partial charge is 0.378 e. The first kappa shape index (κ1) is 12.1. The molecule has 1 aromatic heterocycles. The van der Waals surface area contributed by atoms with Gasteiger partial charge in [-0.15, -0.1) is 0 Å². The number of benzene rings is 1. The zero-order valence-corrected chi connectivity index (χ0v) is 11.5. The molecule has 0 atom stereocenters. The van der Waals surface area contributed by atoms with E-state index in [2.05, 4.69) is 57.3 Å². The number of anilines is 1. The predicted molar refractivity (Wildman–Crippen MR) is 71.9 cm³/mol. The average molecular weight is 295 g/mol. The van der Waals surface area contributed by atoms with Crippen LogP contribution in [-0.4, -0.2) is 14.8 Å². The highest BCUT2D eigenvalue weighted by Gasteiger charge is 2.03. The molecule has 0 fully saturated rings. The van der Waals surface area contributed by atoms with Crippen molar-refractivity contribution in [1.82, 2.24) is 14.8 Å². The van der Waals surface area contributed by atoms with Crippen LogP contribution in [0.1, 0.15) is 18.3 Å². The standard InChI is InChI=1S/C12H15BrN4/c1-3-17-12(15-8-16-17)7-14-11-6-10(13)5-4-9(11)2/h4-6,8,14H,3,7H2,1-2H3. The summed E-state index contributed by atoms with van der Waals surface area (Å²) < 4.78 is 2.96. The zero-order valence-electron chi connectivity index (χ0n) is 9.94. The van der Waals surface area contributed by atoms with Crippen molar-refractivity contribution < 1.29 is 0 Å². The van der Waals surface area contributed by atoms with E-state index in [9.17, 15) is 0 Å². The van der Waals surface area contributed by atoms with Gasteiger partial charge in [0, 0.05) is 16.7 Å². The van der Waals surface area contributed by atoms with Crippen LogP contribution >= 0.6 is 15.9 Å². The quantitative estimate of drug-likeness (QED) is 0.943. The number of nitrogens with zero attached hydrogens (tertiary/aromatic N) is 3. The Labute approximate surface area is 109 Å². The van der Waals surface area contributed by atoms with Crippen LogP contribution in [0.3, 0.4) is 0 Å². The van der Waals surface area contributed by atoms with E-state index in [4.69, 9.17) is 0 Å². The van der Waals surface area contributed by atoms with E-state index < -0.39 is 0 Å². The van der Waals surface area contributed by atoms with Crippen molar-refractivity contribution in [3.8, 4) is 0 Å². The molecule has 1 aromatic carbocycles. The highest BCUT2D eigenvalue weighted by Crippen LogP contribution is 2.20. The molecule has 90 valence electrons. The van der Waals surface area contributed by atoms with Crippen molar-refractivity contribution in [2.75, 3.05) is 5.32 Å². The normalized spacial score (nSPS) is 10.5. The summed E-state index contributed by atoms with van der Waals surface area (Å²) in [6.45, 7) is 5.67. The Balaban J connectivity index is 2.09. The molecule has 0 saturated heterocycles. The van der Waals surface area contributed by atoms with Gasteiger partial charge in [-0.3, -0.25) is 0 Å². The Hall–Kier alpha value is -1.36. The second kappa shape index (κ2) is 5.31. The number of rotatable bonds is 4. The molecule has 0 aliphatic heterocycles. The predicted octanol–water partition coefficient (Wildman–Crippen LogP) is 2.98. The maximum absolute atomic E-state index is 4.23. The van der Waals surface area contributed by atoms with Crippen LogP contribution in [0, 0.1) is 6.92 Å². The molecule has 0 saturated carbocycles. The van der Waals surface area contributed by atoms with E-state index in [0.29, 0.717) is 6.54 Å². The van der Waals surface area contributed by atoms with Gasteiger partial charge in [-0.1, -0.05) is 22.0 Å². The molecule has 1 heterocycles. The van der Waals surface area contributed by atoms with Gasteiger partial charge in [-0.2, -0.15) is 5.10 Å². The molecule has 0 aliphatic rings. The number of hydrogen-bond donors (Lipinski definition) is 1. The SMILES string of the molecule is CCn1ncnc1CNc1cc(Br)ccc1C. The van der Waals surface area contributed by atoms with Crippen molar-refractivity contribution in [1.29, 1.82) is 0 Å². The highest BCUT2D eigenvalue weighted by atomic mass is 79.9. The maximum atomic E-state index is 4.23. The lowest BCUT2D eigenvalue weighted by Crippen LogP contribution is -2.09. The van der Waals surface area contributed by atoms with E-state index in [1.807, 2.05) is 10.7 Å². The third-order valence-corrected chi connectivity index (χ3v) is 3.13. The molecule has 4 nitrogen and oxygen atoms in total. The highest BCUT2D eigenvalue weighted by molar-refractivity contribution is 9.10. The second-order valence-electron chi connectivity index (χ2n) is 3.80. The van der Waals surface area contributed by atoms with E-state index in [1.165, 1.54) is 5.56 Å². The Kier molecular flexibility index (Phi) is 3.78. The summed E-state index contributed by atoms with van der Waals surface area (Å²) in [6.07, 6.45) is 1.59. The van der Waals surface area contributed by atoms with Crippen LogP contribution in [0.4, 0.5) is 5.69 Å². The molecular weight excluding hydrogens is 280 g/mol. The van der Waals surface area contributed by atoms with Crippen LogP contribution in [0.2, 0.25) is 0 Å². The smallest absolute Gasteiger partial charge is 0.146 e. The van der Waals surface area contributed by atoms with Gasteiger partial charge >= 0.3 is 0 Å². The van der Waals surface area contributed by atoms with Crippen LogP contribution in [0.25, 0.3) is 0 Å². The van der Waals surface area contributed by atoms with E-state index in [0.717, 1.165) is 22.5 Å². The van der Waals surface area contributed by atoms with E-state index >= 15 is 0 Å². The molecule has 2 aromatic rings. The maximum Gasteiger partial charge on any atom is 0.146 e. The fourth-order valence-electron chi connectivity index (χ4n) is 1.65. The summed E-state index contributed by atoms with van der Waals surface area (Å²) in [7, 11) is 0. The first-order valence-corrected chi connectivity index (χ1v) is 6.36. The Morgan fingerprint density at radius 2 is 2.24 bits per heavy atom. The molecule has 5 heteroatoms. The van der Waals surface area contributed by atoms with Crippen molar-refractivity contribution >= 4 is 21.6 Å². The lowest BCUT2D eigenvalue weighted by atomic mass is 10.2. The summed E-state index contributed by atoms with van der Waals surface area (Å²) in [6, 6.07) is 6.19. The van der Waals surface area contributed by atoms with Gasteiger partial charge in [-0.05, 0) is 31.5 Å². The monoisotopic (exact) mass is 294 g/mol. The number of hydrogen-bond acceptors (Lipinski definition) is 3. The fraction of sp³-hybridized carbons (Fsp3) is 0.333. The van der Waals surface area contributed by atoms with Crippen LogP contribution in [0.5, 0.6) is 0 Å². The third kappa shape index (κ3) is 2.85. The summed E-state index contributed by atoms with van der Waals surface area (Å²) in [5.41, 5.74) is 2.33. The van der Waals surface area contributed by atoms with Gasteiger partial charge in [0.15, 0.2) is 0 Å². The molecule has 2 rings (SSSR count). The van der Waals surface area contributed by atoms with Gasteiger partial charge in [0.2, 0.25) is 0 Å². The molecule has 0 spiro atoms. The van der Waals surface area contributed by atoms with Crippen molar-refractivity contribution in [3.05, 3.63) is 40.4 Å². The van der Waals surface area contributed by atoms with Crippen LogP contribution in [0.15, 0.2) is 29.0 Å². The Morgan fingerprint density at radius 3 is 3.00 bits per heavy atom. The lowest BCUT2D eigenvalue weighted by molar-refractivity contribution is 0.622.